The zero-order valence-corrected chi connectivity index (χ0v) is 12.5. The molecule has 0 radical (unpaired) electrons. The van der Waals surface area contributed by atoms with Gasteiger partial charge in [0.25, 0.3) is 0 Å². The smallest absolute Gasteiger partial charge is 0.0927 e. The summed E-state index contributed by atoms with van der Waals surface area (Å²) in [7, 11) is 0. The summed E-state index contributed by atoms with van der Waals surface area (Å²) in [5, 5.41) is 10.3. The first-order valence-electron chi connectivity index (χ1n) is 6.51. The highest BCUT2D eigenvalue weighted by molar-refractivity contribution is 9.10. The number of piperazine rings is 1. The van der Waals surface area contributed by atoms with Gasteiger partial charge < -0.3 is 5.11 Å². The van der Waals surface area contributed by atoms with Crippen LogP contribution in [0, 0.1) is 12.3 Å². The number of β-amino-alcohol motifs (C(OH)–C–C–N with tert-alkyl or cyclic N) is 1. The Balaban J connectivity index is 1.86. The Labute approximate surface area is 123 Å². The fraction of sp³-hybridized carbons (Fsp3) is 0.467. The Morgan fingerprint density at radius 2 is 1.84 bits per heavy atom. The van der Waals surface area contributed by atoms with E-state index in [1.807, 2.05) is 24.3 Å². The first kappa shape index (κ1) is 14.5. The van der Waals surface area contributed by atoms with Crippen LogP contribution in [-0.4, -0.2) is 54.2 Å². The molecular weight excluding hydrogens is 304 g/mol. The molecule has 1 aromatic carbocycles. The molecule has 1 aromatic rings. The maximum Gasteiger partial charge on any atom is 0.0927 e. The van der Waals surface area contributed by atoms with Gasteiger partial charge in [0.1, 0.15) is 0 Å². The zero-order valence-electron chi connectivity index (χ0n) is 10.9. The summed E-state index contributed by atoms with van der Waals surface area (Å²) in [6.07, 6.45) is 4.87. The first-order valence-corrected chi connectivity index (χ1v) is 7.30. The molecular formula is C15H19BrN2O. The van der Waals surface area contributed by atoms with Crippen LogP contribution in [0.3, 0.4) is 0 Å². The number of nitrogens with zero attached hydrogens (tertiary/aromatic N) is 2. The van der Waals surface area contributed by atoms with Gasteiger partial charge in [0, 0.05) is 37.2 Å². The predicted molar refractivity (Wildman–Crippen MR) is 80.8 cm³/mol. The summed E-state index contributed by atoms with van der Waals surface area (Å²) in [5.41, 5.74) is 0.952. The lowest BCUT2D eigenvalue weighted by Gasteiger charge is -2.34. The molecule has 4 heteroatoms. The zero-order chi connectivity index (χ0) is 13.7. The van der Waals surface area contributed by atoms with E-state index in [9.17, 15) is 5.11 Å². The van der Waals surface area contributed by atoms with E-state index in [2.05, 4.69) is 31.7 Å². The number of terminal acetylenes is 1. The minimum Gasteiger partial charge on any atom is -0.387 e. The van der Waals surface area contributed by atoms with Crippen molar-refractivity contribution in [2.24, 2.45) is 0 Å². The molecule has 2 rings (SSSR count). The molecule has 0 aliphatic carbocycles. The van der Waals surface area contributed by atoms with E-state index in [0.29, 0.717) is 6.54 Å². The average molecular weight is 323 g/mol. The van der Waals surface area contributed by atoms with Crippen LogP contribution in [0.25, 0.3) is 0 Å². The maximum absolute atomic E-state index is 10.3. The van der Waals surface area contributed by atoms with Gasteiger partial charge in [-0.15, -0.1) is 6.42 Å². The van der Waals surface area contributed by atoms with Crippen molar-refractivity contribution in [1.82, 2.24) is 9.80 Å². The van der Waals surface area contributed by atoms with Crippen LogP contribution in [-0.2, 0) is 0 Å². The molecule has 1 aliphatic rings. The molecule has 1 atom stereocenters. The second-order valence-corrected chi connectivity index (χ2v) is 5.67. The highest BCUT2D eigenvalue weighted by Crippen LogP contribution is 2.24. The number of hydrogen-bond donors (Lipinski definition) is 1. The van der Waals surface area contributed by atoms with Gasteiger partial charge in [0.05, 0.1) is 12.6 Å². The van der Waals surface area contributed by atoms with E-state index >= 15 is 0 Å². The molecule has 1 heterocycles. The van der Waals surface area contributed by atoms with Crippen molar-refractivity contribution in [1.29, 1.82) is 0 Å². The molecule has 1 N–H and O–H groups in total. The van der Waals surface area contributed by atoms with Crippen LogP contribution in [0.1, 0.15) is 11.7 Å². The van der Waals surface area contributed by atoms with Gasteiger partial charge in [-0.3, -0.25) is 9.80 Å². The first-order chi connectivity index (χ1) is 9.20. The van der Waals surface area contributed by atoms with Crippen molar-refractivity contribution in [3.8, 4) is 12.3 Å². The minimum absolute atomic E-state index is 0.449. The molecule has 1 aliphatic heterocycles. The normalized spacial score (nSPS) is 19.0. The Bertz CT molecular complexity index is 450. The predicted octanol–water partition coefficient (Wildman–Crippen LogP) is 1.73. The molecule has 3 nitrogen and oxygen atoms in total. The number of benzene rings is 1. The lowest BCUT2D eigenvalue weighted by Crippen LogP contribution is -2.47. The Kier molecular flexibility index (Phi) is 5.41. The second-order valence-electron chi connectivity index (χ2n) is 4.82. The second kappa shape index (κ2) is 7.06. The summed E-state index contributed by atoms with van der Waals surface area (Å²) in [6, 6.07) is 7.83. The molecule has 1 fully saturated rings. The fourth-order valence-corrected chi connectivity index (χ4v) is 2.90. The summed E-state index contributed by atoms with van der Waals surface area (Å²) in [6.45, 7) is 5.28. The molecule has 0 aromatic heterocycles. The van der Waals surface area contributed by atoms with Crippen LogP contribution in [0.5, 0.6) is 0 Å². The van der Waals surface area contributed by atoms with Gasteiger partial charge in [-0.2, -0.15) is 0 Å². The van der Waals surface area contributed by atoms with Crippen molar-refractivity contribution < 1.29 is 5.11 Å². The van der Waals surface area contributed by atoms with Gasteiger partial charge in [0.15, 0.2) is 0 Å². The van der Waals surface area contributed by atoms with Gasteiger partial charge in [-0.1, -0.05) is 40.0 Å². The van der Waals surface area contributed by atoms with Crippen LogP contribution >= 0.6 is 15.9 Å². The molecule has 1 saturated heterocycles. The van der Waals surface area contributed by atoms with Gasteiger partial charge in [-0.25, -0.2) is 0 Å². The maximum atomic E-state index is 10.3. The van der Waals surface area contributed by atoms with E-state index in [1.54, 1.807) is 0 Å². The average Bonchev–Trinajstić information content (AvgIpc) is 2.42. The SMILES string of the molecule is C#CCN1CCN(CC(O)c2ccccc2Br)CC1. The quantitative estimate of drug-likeness (QED) is 0.855. The van der Waals surface area contributed by atoms with E-state index in [-0.39, 0.29) is 0 Å². The summed E-state index contributed by atoms with van der Waals surface area (Å²) in [5.74, 6) is 2.68. The van der Waals surface area contributed by atoms with Crippen LogP contribution in [0.15, 0.2) is 28.7 Å². The Hall–Kier alpha value is -0.860. The topological polar surface area (TPSA) is 26.7 Å². The third kappa shape index (κ3) is 4.05. The number of halogens is 1. The third-order valence-corrected chi connectivity index (χ3v) is 4.20. The van der Waals surface area contributed by atoms with E-state index in [1.165, 1.54) is 0 Å². The number of aliphatic hydroxyl groups is 1. The molecule has 102 valence electrons. The van der Waals surface area contributed by atoms with E-state index in [0.717, 1.165) is 42.8 Å². The fourth-order valence-electron chi connectivity index (χ4n) is 2.35. The third-order valence-electron chi connectivity index (χ3n) is 3.48. The standard InChI is InChI=1S/C15H19BrN2O/c1-2-7-17-8-10-18(11-9-17)12-15(19)13-5-3-4-6-14(13)16/h1,3-6,15,19H,7-12H2. The van der Waals surface area contributed by atoms with E-state index < -0.39 is 6.10 Å². The van der Waals surface area contributed by atoms with Gasteiger partial charge in [-0.05, 0) is 11.6 Å². The molecule has 1 unspecified atom stereocenters. The van der Waals surface area contributed by atoms with Crippen LogP contribution < -0.4 is 0 Å². The van der Waals surface area contributed by atoms with Crippen molar-refractivity contribution in [2.75, 3.05) is 39.3 Å². The molecule has 0 saturated carbocycles. The summed E-state index contributed by atoms with van der Waals surface area (Å²) >= 11 is 3.48. The van der Waals surface area contributed by atoms with Crippen molar-refractivity contribution in [2.45, 2.75) is 6.10 Å². The van der Waals surface area contributed by atoms with Crippen LogP contribution in [0.2, 0.25) is 0 Å². The molecule has 0 amide bonds. The highest BCUT2D eigenvalue weighted by atomic mass is 79.9. The Morgan fingerprint density at radius 3 is 2.47 bits per heavy atom. The summed E-state index contributed by atoms with van der Waals surface area (Å²) in [4.78, 5) is 4.55. The minimum atomic E-state index is -0.449. The van der Waals surface area contributed by atoms with Crippen molar-refractivity contribution >= 4 is 15.9 Å². The highest BCUT2D eigenvalue weighted by Gasteiger charge is 2.20. The van der Waals surface area contributed by atoms with Gasteiger partial charge >= 0.3 is 0 Å². The summed E-state index contributed by atoms with van der Waals surface area (Å²) < 4.78 is 0.966. The lowest BCUT2D eigenvalue weighted by atomic mass is 10.1. The Morgan fingerprint density at radius 1 is 1.21 bits per heavy atom. The molecule has 0 bridgehead atoms. The number of hydrogen-bond acceptors (Lipinski definition) is 3. The monoisotopic (exact) mass is 322 g/mol. The van der Waals surface area contributed by atoms with Crippen molar-refractivity contribution in [3.63, 3.8) is 0 Å². The molecule has 0 spiro atoms. The van der Waals surface area contributed by atoms with Crippen molar-refractivity contribution in [3.05, 3.63) is 34.3 Å². The molecule has 19 heavy (non-hydrogen) atoms. The largest absolute Gasteiger partial charge is 0.387 e. The number of rotatable bonds is 4. The number of aliphatic hydroxyl groups excluding tert-OH is 1. The van der Waals surface area contributed by atoms with Crippen LogP contribution in [0.4, 0.5) is 0 Å². The van der Waals surface area contributed by atoms with Gasteiger partial charge in [0.2, 0.25) is 0 Å². The lowest BCUT2D eigenvalue weighted by molar-refractivity contribution is 0.0766. The van der Waals surface area contributed by atoms with E-state index in [4.69, 9.17) is 6.42 Å².